The quantitative estimate of drug-likeness (QED) is 0.885. The van der Waals surface area contributed by atoms with Crippen molar-refractivity contribution in [1.82, 2.24) is 9.36 Å². The summed E-state index contributed by atoms with van der Waals surface area (Å²) >= 11 is 1.33. The maximum absolute atomic E-state index is 10.7. The molecular formula is C12H11N3O2S. The molecule has 0 saturated heterocycles. The number of aromatic carboxylic acids is 1. The van der Waals surface area contributed by atoms with Gasteiger partial charge in [-0.2, -0.15) is 4.37 Å². The minimum absolute atomic E-state index is 0.275. The molecule has 5 nitrogen and oxygen atoms in total. The Bertz CT molecular complexity index is 575. The molecule has 0 unspecified atom stereocenters. The Morgan fingerprint density at radius 1 is 1.33 bits per heavy atom. The molecule has 18 heavy (non-hydrogen) atoms. The Balaban J connectivity index is 1.72. The predicted molar refractivity (Wildman–Crippen MR) is 68.6 cm³/mol. The van der Waals surface area contributed by atoms with Crippen molar-refractivity contribution < 1.29 is 9.90 Å². The zero-order valence-corrected chi connectivity index (χ0v) is 10.3. The zero-order valence-electron chi connectivity index (χ0n) is 9.46. The standard InChI is InChI=1S/C12H11N3O2S/c16-11(17)8-3-5-9(6-4-8)13-12-14-10(15-18-12)7-1-2-7/h3-7H,1-2H2,(H,16,17)(H,13,14,15). The molecule has 1 fully saturated rings. The van der Waals surface area contributed by atoms with Crippen LogP contribution < -0.4 is 5.32 Å². The van der Waals surface area contributed by atoms with Crippen molar-refractivity contribution in [3.05, 3.63) is 35.7 Å². The number of rotatable bonds is 4. The van der Waals surface area contributed by atoms with Gasteiger partial charge in [-0.25, -0.2) is 9.78 Å². The van der Waals surface area contributed by atoms with Crippen molar-refractivity contribution >= 4 is 28.3 Å². The summed E-state index contributed by atoms with van der Waals surface area (Å²) in [5.41, 5.74) is 1.09. The number of hydrogen-bond acceptors (Lipinski definition) is 5. The SMILES string of the molecule is O=C(O)c1ccc(Nc2nc(C3CC3)ns2)cc1. The molecule has 2 N–H and O–H groups in total. The van der Waals surface area contributed by atoms with Gasteiger partial charge in [0, 0.05) is 23.1 Å². The molecule has 1 heterocycles. The van der Waals surface area contributed by atoms with Crippen LogP contribution in [0.15, 0.2) is 24.3 Å². The van der Waals surface area contributed by atoms with E-state index in [-0.39, 0.29) is 5.56 Å². The summed E-state index contributed by atoms with van der Waals surface area (Å²) in [6.07, 6.45) is 2.37. The maximum atomic E-state index is 10.7. The van der Waals surface area contributed by atoms with Gasteiger partial charge in [0.05, 0.1) is 5.56 Å². The number of carboxylic acids is 1. The highest BCUT2D eigenvalue weighted by Gasteiger charge is 2.27. The number of carboxylic acid groups (broad SMARTS) is 1. The Hall–Kier alpha value is -1.95. The lowest BCUT2D eigenvalue weighted by molar-refractivity contribution is 0.0697. The largest absolute Gasteiger partial charge is 0.478 e. The first-order chi connectivity index (χ1) is 8.72. The van der Waals surface area contributed by atoms with Crippen LogP contribution >= 0.6 is 11.5 Å². The smallest absolute Gasteiger partial charge is 0.335 e. The van der Waals surface area contributed by atoms with Crippen LogP contribution in [0.1, 0.15) is 34.9 Å². The van der Waals surface area contributed by atoms with Gasteiger partial charge in [0.2, 0.25) is 5.13 Å². The van der Waals surface area contributed by atoms with E-state index < -0.39 is 5.97 Å². The number of nitrogens with one attached hydrogen (secondary N) is 1. The van der Waals surface area contributed by atoms with E-state index in [2.05, 4.69) is 14.7 Å². The van der Waals surface area contributed by atoms with E-state index in [1.54, 1.807) is 24.3 Å². The topological polar surface area (TPSA) is 75.1 Å². The van der Waals surface area contributed by atoms with Gasteiger partial charge in [-0.1, -0.05) is 0 Å². The highest BCUT2D eigenvalue weighted by molar-refractivity contribution is 7.09. The Morgan fingerprint density at radius 3 is 2.67 bits per heavy atom. The second-order valence-electron chi connectivity index (χ2n) is 4.24. The van der Waals surface area contributed by atoms with Gasteiger partial charge >= 0.3 is 5.97 Å². The van der Waals surface area contributed by atoms with E-state index >= 15 is 0 Å². The average molecular weight is 261 g/mol. The van der Waals surface area contributed by atoms with Gasteiger partial charge in [-0.05, 0) is 37.1 Å². The normalized spacial score (nSPS) is 14.4. The van der Waals surface area contributed by atoms with E-state index in [0.29, 0.717) is 5.92 Å². The van der Waals surface area contributed by atoms with E-state index in [9.17, 15) is 4.79 Å². The average Bonchev–Trinajstić information content (AvgIpc) is 3.11. The van der Waals surface area contributed by atoms with Crippen LogP contribution in [-0.2, 0) is 0 Å². The molecule has 0 bridgehead atoms. The summed E-state index contributed by atoms with van der Waals surface area (Å²) in [7, 11) is 0. The highest BCUT2D eigenvalue weighted by Crippen LogP contribution is 2.39. The molecule has 0 spiro atoms. The minimum atomic E-state index is -0.923. The molecule has 0 atom stereocenters. The van der Waals surface area contributed by atoms with Gasteiger partial charge in [0.25, 0.3) is 0 Å². The van der Waals surface area contributed by atoms with Gasteiger partial charge in [-0.3, -0.25) is 0 Å². The van der Waals surface area contributed by atoms with Crippen LogP contribution in [0.5, 0.6) is 0 Å². The Labute approximate surface area is 108 Å². The molecule has 0 amide bonds. The second kappa shape index (κ2) is 4.38. The third-order valence-corrected chi connectivity index (χ3v) is 3.41. The first-order valence-electron chi connectivity index (χ1n) is 5.66. The number of benzene rings is 1. The molecule has 1 aromatic carbocycles. The third kappa shape index (κ3) is 2.33. The fraction of sp³-hybridized carbons (Fsp3) is 0.250. The molecule has 6 heteroatoms. The molecule has 1 aliphatic carbocycles. The lowest BCUT2D eigenvalue weighted by Gasteiger charge is -2.01. The third-order valence-electron chi connectivity index (χ3n) is 2.77. The van der Waals surface area contributed by atoms with Crippen LogP contribution in [-0.4, -0.2) is 20.4 Å². The van der Waals surface area contributed by atoms with Crippen molar-refractivity contribution in [2.24, 2.45) is 0 Å². The molecule has 3 rings (SSSR count). The maximum Gasteiger partial charge on any atom is 0.335 e. The summed E-state index contributed by atoms with van der Waals surface area (Å²) < 4.78 is 4.29. The van der Waals surface area contributed by atoms with Gasteiger partial charge in [-0.15, -0.1) is 0 Å². The number of anilines is 2. The van der Waals surface area contributed by atoms with Crippen molar-refractivity contribution in [2.45, 2.75) is 18.8 Å². The Kier molecular flexibility index (Phi) is 2.71. The second-order valence-corrected chi connectivity index (χ2v) is 4.99. The van der Waals surface area contributed by atoms with Crippen molar-refractivity contribution in [2.75, 3.05) is 5.32 Å². The van der Waals surface area contributed by atoms with Crippen LogP contribution in [0.2, 0.25) is 0 Å². The summed E-state index contributed by atoms with van der Waals surface area (Å²) in [6, 6.07) is 6.57. The molecule has 92 valence electrons. The summed E-state index contributed by atoms with van der Waals surface area (Å²) in [6.45, 7) is 0. The first kappa shape index (κ1) is 11.2. The van der Waals surface area contributed by atoms with E-state index in [1.807, 2.05) is 0 Å². The predicted octanol–water partition coefficient (Wildman–Crippen LogP) is 2.86. The lowest BCUT2D eigenvalue weighted by Crippen LogP contribution is -1.96. The number of aromatic nitrogens is 2. The van der Waals surface area contributed by atoms with E-state index in [1.165, 1.54) is 24.4 Å². The fourth-order valence-corrected chi connectivity index (χ4v) is 2.28. The van der Waals surface area contributed by atoms with Gasteiger partial charge in [0.15, 0.2) is 0 Å². The van der Waals surface area contributed by atoms with E-state index in [4.69, 9.17) is 5.11 Å². The number of nitrogens with zero attached hydrogens (tertiary/aromatic N) is 2. The molecule has 2 aromatic rings. The van der Waals surface area contributed by atoms with Crippen molar-refractivity contribution in [3.8, 4) is 0 Å². The van der Waals surface area contributed by atoms with Crippen molar-refractivity contribution in [3.63, 3.8) is 0 Å². The molecule has 0 radical (unpaired) electrons. The molecule has 0 aliphatic heterocycles. The monoisotopic (exact) mass is 261 g/mol. The number of hydrogen-bond donors (Lipinski definition) is 2. The highest BCUT2D eigenvalue weighted by atomic mass is 32.1. The summed E-state index contributed by atoms with van der Waals surface area (Å²) in [5, 5.41) is 12.7. The lowest BCUT2D eigenvalue weighted by atomic mass is 10.2. The summed E-state index contributed by atoms with van der Waals surface area (Å²) in [5.74, 6) is 0.546. The Morgan fingerprint density at radius 2 is 2.06 bits per heavy atom. The molecule has 1 aliphatic rings. The molecule has 1 saturated carbocycles. The van der Waals surface area contributed by atoms with Crippen LogP contribution in [0.3, 0.4) is 0 Å². The van der Waals surface area contributed by atoms with Gasteiger partial charge < -0.3 is 10.4 Å². The summed E-state index contributed by atoms with van der Waals surface area (Å²) in [4.78, 5) is 15.1. The van der Waals surface area contributed by atoms with E-state index in [0.717, 1.165) is 16.6 Å². The minimum Gasteiger partial charge on any atom is -0.478 e. The zero-order chi connectivity index (χ0) is 12.5. The molecular weight excluding hydrogens is 250 g/mol. The van der Waals surface area contributed by atoms with Crippen LogP contribution in [0.25, 0.3) is 0 Å². The fourth-order valence-electron chi connectivity index (χ4n) is 1.61. The van der Waals surface area contributed by atoms with Crippen LogP contribution in [0, 0.1) is 0 Å². The van der Waals surface area contributed by atoms with Gasteiger partial charge in [0.1, 0.15) is 5.82 Å². The van der Waals surface area contributed by atoms with Crippen molar-refractivity contribution in [1.29, 1.82) is 0 Å². The number of carbonyl (C=O) groups is 1. The first-order valence-corrected chi connectivity index (χ1v) is 6.44. The van der Waals surface area contributed by atoms with Crippen LogP contribution in [0.4, 0.5) is 10.8 Å². The molecule has 1 aromatic heterocycles.